The molecule has 1 aromatic rings. The second-order valence-corrected chi connectivity index (χ2v) is 6.26. The van der Waals surface area contributed by atoms with Gasteiger partial charge in [0, 0.05) is 31.7 Å². The number of phenolic OH excluding ortho intramolecular Hbond substituents is 1. The van der Waals surface area contributed by atoms with Crippen molar-refractivity contribution in [1.29, 1.82) is 0 Å². The third-order valence-corrected chi connectivity index (χ3v) is 4.77. The number of phenols is 1. The maximum absolute atomic E-state index is 9.47. The maximum atomic E-state index is 9.47. The number of halogens is 1. The minimum absolute atomic E-state index is 0.166. The molecule has 0 amide bonds. The number of benzene rings is 1. The van der Waals surface area contributed by atoms with Gasteiger partial charge in [0.05, 0.1) is 5.02 Å². The van der Waals surface area contributed by atoms with Crippen LogP contribution < -0.4 is 0 Å². The Morgan fingerprint density at radius 3 is 3.00 bits per heavy atom. The molecule has 1 aromatic carbocycles. The van der Waals surface area contributed by atoms with Crippen LogP contribution in [0.2, 0.25) is 5.02 Å². The molecule has 1 N–H and O–H groups in total. The van der Waals surface area contributed by atoms with Gasteiger partial charge in [-0.05, 0) is 44.0 Å². The average molecular weight is 281 g/mol. The highest BCUT2D eigenvalue weighted by atomic mass is 35.5. The molecule has 2 unspecified atom stereocenters. The molecule has 19 heavy (non-hydrogen) atoms. The van der Waals surface area contributed by atoms with Gasteiger partial charge < -0.3 is 5.11 Å². The van der Waals surface area contributed by atoms with Crippen LogP contribution in [0.4, 0.5) is 0 Å². The Morgan fingerprint density at radius 2 is 2.21 bits per heavy atom. The zero-order chi connectivity index (χ0) is 13.4. The predicted molar refractivity (Wildman–Crippen MR) is 77.6 cm³/mol. The molecular weight excluding hydrogens is 260 g/mol. The lowest BCUT2D eigenvalue weighted by molar-refractivity contribution is 0.0540. The van der Waals surface area contributed by atoms with Crippen LogP contribution in [0.5, 0.6) is 5.75 Å². The number of hydrogen-bond donors (Lipinski definition) is 1. The van der Waals surface area contributed by atoms with E-state index in [0.717, 1.165) is 19.1 Å². The van der Waals surface area contributed by atoms with Crippen molar-refractivity contribution in [2.75, 3.05) is 19.6 Å². The van der Waals surface area contributed by atoms with E-state index in [1.165, 1.54) is 31.5 Å². The summed E-state index contributed by atoms with van der Waals surface area (Å²) in [5.41, 5.74) is 1.18. The lowest BCUT2D eigenvalue weighted by Gasteiger charge is -2.42. The average Bonchev–Trinajstić information content (AvgIpc) is 2.81. The molecule has 0 aromatic heterocycles. The van der Waals surface area contributed by atoms with Gasteiger partial charge in [0.15, 0.2) is 0 Å². The zero-order valence-electron chi connectivity index (χ0n) is 11.3. The van der Waals surface area contributed by atoms with Crippen LogP contribution in [-0.4, -0.2) is 46.6 Å². The highest BCUT2D eigenvalue weighted by Crippen LogP contribution is 2.28. The number of aromatic hydroxyl groups is 1. The summed E-state index contributed by atoms with van der Waals surface area (Å²) in [7, 11) is 0. The van der Waals surface area contributed by atoms with Crippen molar-refractivity contribution in [2.45, 2.75) is 38.4 Å². The largest absolute Gasteiger partial charge is 0.506 e. The van der Waals surface area contributed by atoms with Gasteiger partial charge in [-0.25, -0.2) is 0 Å². The SMILES string of the molecule is CC1CN2CCCC2CN1Cc1ccc(O)c(Cl)c1. The smallest absolute Gasteiger partial charge is 0.134 e. The molecule has 0 bridgehead atoms. The number of piperazine rings is 1. The van der Waals surface area contributed by atoms with Crippen LogP contribution >= 0.6 is 11.6 Å². The van der Waals surface area contributed by atoms with Crippen molar-refractivity contribution >= 4 is 11.6 Å². The summed E-state index contributed by atoms with van der Waals surface area (Å²) in [6.45, 7) is 6.83. The number of nitrogens with zero attached hydrogens (tertiary/aromatic N) is 2. The van der Waals surface area contributed by atoms with Crippen molar-refractivity contribution in [1.82, 2.24) is 9.80 Å². The molecule has 104 valence electrons. The van der Waals surface area contributed by atoms with Gasteiger partial charge in [-0.3, -0.25) is 9.80 Å². The quantitative estimate of drug-likeness (QED) is 0.902. The minimum atomic E-state index is 0.166. The fraction of sp³-hybridized carbons (Fsp3) is 0.600. The second kappa shape index (κ2) is 5.31. The summed E-state index contributed by atoms with van der Waals surface area (Å²) in [6, 6.07) is 6.86. The van der Waals surface area contributed by atoms with Gasteiger partial charge in [-0.1, -0.05) is 17.7 Å². The van der Waals surface area contributed by atoms with Gasteiger partial charge in [0.1, 0.15) is 5.75 Å². The van der Waals surface area contributed by atoms with Gasteiger partial charge in [0.2, 0.25) is 0 Å². The van der Waals surface area contributed by atoms with Crippen molar-refractivity contribution in [3.05, 3.63) is 28.8 Å². The minimum Gasteiger partial charge on any atom is -0.506 e. The first-order valence-electron chi connectivity index (χ1n) is 7.09. The number of hydrogen-bond acceptors (Lipinski definition) is 3. The van der Waals surface area contributed by atoms with E-state index in [1.54, 1.807) is 6.07 Å². The van der Waals surface area contributed by atoms with E-state index < -0.39 is 0 Å². The molecule has 0 aliphatic carbocycles. The molecule has 2 heterocycles. The lowest BCUT2D eigenvalue weighted by Crippen LogP contribution is -2.54. The molecule has 4 heteroatoms. The van der Waals surface area contributed by atoms with E-state index >= 15 is 0 Å². The maximum Gasteiger partial charge on any atom is 0.134 e. The van der Waals surface area contributed by atoms with Crippen molar-refractivity contribution in [3.8, 4) is 5.75 Å². The van der Waals surface area contributed by atoms with E-state index in [0.29, 0.717) is 11.1 Å². The molecule has 3 nitrogen and oxygen atoms in total. The molecular formula is C15H21ClN2O. The van der Waals surface area contributed by atoms with Crippen molar-refractivity contribution in [3.63, 3.8) is 0 Å². The normalized spacial score (nSPS) is 28.5. The first-order chi connectivity index (χ1) is 9.13. The summed E-state index contributed by atoms with van der Waals surface area (Å²) >= 11 is 5.98. The van der Waals surface area contributed by atoms with Gasteiger partial charge in [0.25, 0.3) is 0 Å². The lowest BCUT2D eigenvalue weighted by atomic mass is 10.1. The first-order valence-corrected chi connectivity index (χ1v) is 7.47. The molecule has 3 rings (SSSR count). The standard InChI is InChI=1S/C15H21ClN2O/c1-11-8-17-6-2-3-13(17)10-18(11)9-12-4-5-15(19)14(16)7-12/h4-5,7,11,13,19H,2-3,6,8-10H2,1H3. The molecule has 0 saturated carbocycles. The summed E-state index contributed by atoms with van der Waals surface area (Å²) in [4.78, 5) is 5.17. The van der Waals surface area contributed by atoms with Crippen LogP contribution in [0.3, 0.4) is 0 Å². The third kappa shape index (κ3) is 2.73. The highest BCUT2D eigenvalue weighted by Gasteiger charge is 2.34. The summed E-state index contributed by atoms with van der Waals surface area (Å²) in [5, 5.41) is 9.92. The Hall–Kier alpha value is -0.770. The fourth-order valence-corrected chi connectivity index (χ4v) is 3.55. The van der Waals surface area contributed by atoms with Crippen LogP contribution in [0.15, 0.2) is 18.2 Å². The van der Waals surface area contributed by atoms with Gasteiger partial charge in [-0.15, -0.1) is 0 Å². The van der Waals surface area contributed by atoms with Gasteiger partial charge >= 0.3 is 0 Å². The predicted octanol–water partition coefficient (Wildman–Crippen LogP) is 2.71. The van der Waals surface area contributed by atoms with E-state index in [9.17, 15) is 5.11 Å². The topological polar surface area (TPSA) is 26.7 Å². The van der Waals surface area contributed by atoms with Crippen LogP contribution in [-0.2, 0) is 6.54 Å². The summed E-state index contributed by atoms with van der Waals surface area (Å²) in [5.74, 6) is 0.166. The van der Waals surface area contributed by atoms with E-state index in [4.69, 9.17) is 11.6 Å². The fourth-order valence-electron chi connectivity index (χ4n) is 3.35. The Labute approximate surface area is 119 Å². The molecule has 2 aliphatic rings. The number of fused-ring (bicyclic) bond motifs is 1. The highest BCUT2D eigenvalue weighted by molar-refractivity contribution is 6.32. The van der Waals surface area contributed by atoms with E-state index in [1.807, 2.05) is 12.1 Å². The molecule has 2 saturated heterocycles. The first kappa shape index (κ1) is 13.2. The van der Waals surface area contributed by atoms with E-state index in [2.05, 4.69) is 16.7 Å². The third-order valence-electron chi connectivity index (χ3n) is 4.46. The second-order valence-electron chi connectivity index (χ2n) is 5.86. The van der Waals surface area contributed by atoms with Crippen LogP contribution in [0.25, 0.3) is 0 Å². The molecule has 2 fully saturated rings. The Balaban J connectivity index is 1.70. The molecule has 0 spiro atoms. The van der Waals surface area contributed by atoms with Gasteiger partial charge in [-0.2, -0.15) is 0 Å². The zero-order valence-corrected chi connectivity index (χ0v) is 12.1. The Kier molecular flexibility index (Phi) is 3.70. The van der Waals surface area contributed by atoms with Crippen molar-refractivity contribution in [2.24, 2.45) is 0 Å². The number of rotatable bonds is 2. The Bertz CT molecular complexity index is 465. The summed E-state index contributed by atoms with van der Waals surface area (Å²) < 4.78 is 0. The molecule has 0 radical (unpaired) electrons. The van der Waals surface area contributed by atoms with Crippen LogP contribution in [0, 0.1) is 0 Å². The monoisotopic (exact) mass is 280 g/mol. The Morgan fingerprint density at radius 1 is 1.37 bits per heavy atom. The molecule has 2 aliphatic heterocycles. The summed E-state index contributed by atoms with van der Waals surface area (Å²) in [6.07, 6.45) is 2.68. The van der Waals surface area contributed by atoms with Crippen LogP contribution in [0.1, 0.15) is 25.3 Å². The van der Waals surface area contributed by atoms with E-state index in [-0.39, 0.29) is 5.75 Å². The van der Waals surface area contributed by atoms with Crippen molar-refractivity contribution < 1.29 is 5.11 Å². The molecule has 2 atom stereocenters.